The molecule has 1 saturated carbocycles. The fourth-order valence-electron chi connectivity index (χ4n) is 2.86. The Hall–Kier alpha value is -1.54. The van der Waals surface area contributed by atoms with Gasteiger partial charge in [0.05, 0.1) is 12.1 Å². The highest BCUT2D eigenvalue weighted by atomic mass is 35.5. The second kappa shape index (κ2) is 8.00. The summed E-state index contributed by atoms with van der Waals surface area (Å²) < 4.78 is 20.1. The number of ether oxygens (including phenoxy) is 1. The number of halogens is 3. The van der Waals surface area contributed by atoms with Gasteiger partial charge >= 0.3 is 0 Å². The molecular formula is C20H18Cl2FO2P. The first kappa shape index (κ1) is 19.2. The van der Waals surface area contributed by atoms with Crippen LogP contribution in [-0.4, -0.2) is 12.2 Å². The SMILES string of the molecule is COc1c(Cl)ccc(/C(=C\C(O)=C2CCC2)c2ccc(Cl)cc2P)c1F. The quantitative estimate of drug-likeness (QED) is 0.489. The molecule has 26 heavy (non-hydrogen) atoms. The van der Waals surface area contributed by atoms with Crippen molar-refractivity contribution in [3.05, 3.63) is 74.7 Å². The Morgan fingerprint density at radius 1 is 1.19 bits per heavy atom. The van der Waals surface area contributed by atoms with Gasteiger partial charge < -0.3 is 9.84 Å². The molecule has 0 spiro atoms. The maximum Gasteiger partial charge on any atom is 0.174 e. The molecule has 1 aliphatic carbocycles. The number of aliphatic hydroxyl groups excluding tert-OH is 1. The molecule has 2 nitrogen and oxygen atoms in total. The first-order valence-electron chi connectivity index (χ1n) is 8.12. The molecule has 0 aromatic heterocycles. The fourth-order valence-corrected chi connectivity index (χ4v) is 3.80. The zero-order valence-electron chi connectivity index (χ0n) is 14.2. The zero-order chi connectivity index (χ0) is 18.8. The lowest BCUT2D eigenvalue weighted by Gasteiger charge is -2.19. The lowest BCUT2D eigenvalue weighted by atomic mass is 9.89. The fraction of sp³-hybridized carbons (Fsp3) is 0.200. The number of methoxy groups -OCH3 is 1. The molecule has 0 bridgehead atoms. The zero-order valence-corrected chi connectivity index (χ0v) is 16.8. The van der Waals surface area contributed by atoms with Crippen LogP contribution in [-0.2, 0) is 0 Å². The Balaban J connectivity index is 2.24. The van der Waals surface area contributed by atoms with Crippen LogP contribution < -0.4 is 10.0 Å². The van der Waals surface area contributed by atoms with Gasteiger partial charge in [-0.2, -0.15) is 0 Å². The van der Waals surface area contributed by atoms with E-state index in [-0.39, 0.29) is 16.5 Å². The van der Waals surface area contributed by atoms with E-state index in [0.717, 1.165) is 35.7 Å². The van der Waals surface area contributed by atoms with Crippen LogP contribution in [0.5, 0.6) is 5.75 Å². The summed E-state index contributed by atoms with van der Waals surface area (Å²) in [4.78, 5) is 0. The van der Waals surface area contributed by atoms with E-state index < -0.39 is 5.82 Å². The number of allylic oxidation sites excluding steroid dienone is 2. The Bertz CT molecular complexity index is 916. The predicted molar refractivity (Wildman–Crippen MR) is 109 cm³/mol. The van der Waals surface area contributed by atoms with Crippen molar-refractivity contribution in [3.63, 3.8) is 0 Å². The first-order valence-corrected chi connectivity index (χ1v) is 9.46. The van der Waals surface area contributed by atoms with Gasteiger partial charge in [-0.3, -0.25) is 0 Å². The summed E-state index contributed by atoms with van der Waals surface area (Å²) >= 11 is 12.1. The number of hydrogen-bond donors (Lipinski definition) is 1. The summed E-state index contributed by atoms with van der Waals surface area (Å²) in [5.74, 6) is -0.416. The largest absolute Gasteiger partial charge is 0.508 e. The van der Waals surface area contributed by atoms with Crippen molar-refractivity contribution in [3.8, 4) is 5.75 Å². The Labute approximate surface area is 164 Å². The molecule has 1 atom stereocenters. The molecule has 3 rings (SSSR count). The average Bonchev–Trinajstić information content (AvgIpc) is 2.52. The maximum atomic E-state index is 15.0. The molecule has 136 valence electrons. The second-order valence-corrected chi connectivity index (χ2v) is 7.54. The number of hydrogen-bond acceptors (Lipinski definition) is 2. The summed E-state index contributed by atoms with van der Waals surface area (Å²) in [6.07, 6.45) is 4.38. The molecule has 0 saturated heterocycles. The third-order valence-corrected chi connectivity index (χ3v) is 5.46. The van der Waals surface area contributed by atoms with Crippen molar-refractivity contribution >= 4 is 43.3 Å². The Kier molecular flexibility index (Phi) is 5.92. The molecule has 0 aliphatic heterocycles. The standard InChI is InChI=1S/C20H18Cl2FO2P/c1-25-20-16(22)8-7-14(19(20)23)15(10-17(24)11-3-2-4-11)13-6-5-12(21)9-18(13)26/h5-10,24H,2-4,26H2,1H3/b15-10-. The van der Waals surface area contributed by atoms with E-state index in [9.17, 15) is 5.11 Å². The topological polar surface area (TPSA) is 29.5 Å². The van der Waals surface area contributed by atoms with Crippen molar-refractivity contribution in [1.82, 2.24) is 0 Å². The average molecular weight is 411 g/mol. The summed E-state index contributed by atoms with van der Waals surface area (Å²) in [7, 11) is 3.97. The van der Waals surface area contributed by atoms with Gasteiger partial charge in [0.25, 0.3) is 0 Å². The van der Waals surface area contributed by atoms with Crippen LogP contribution in [0.2, 0.25) is 10.0 Å². The second-order valence-electron chi connectivity index (χ2n) is 6.07. The smallest absolute Gasteiger partial charge is 0.174 e. The number of aliphatic hydroxyl groups is 1. The van der Waals surface area contributed by atoms with E-state index in [1.807, 2.05) is 0 Å². The monoisotopic (exact) mass is 410 g/mol. The van der Waals surface area contributed by atoms with Gasteiger partial charge in [-0.05, 0) is 71.6 Å². The predicted octanol–water partition coefficient (Wildman–Crippen LogP) is 6.07. The highest BCUT2D eigenvalue weighted by Crippen LogP contribution is 2.37. The minimum absolute atomic E-state index is 0.0230. The molecule has 1 N–H and O–H groups in total. The maximum absolute atomic E-state index is 15.0. The van der Waals surface area contributed by atoms with Crippen molar-refractivity contribution < 1.29 is 14.2 Å². The minimum atomic E-state index is -0.572. The summed E-state index contributed by atoms with van der Waals surface area (Å²) in [5.41, 5.74) is 2.55. The van der Waals surface area contributed by atoms with Crippen LogP contribution in [0.25, 0.3) is 5.57 Å². The summed E-state index contributed by atoms with van der Waals surface area (Å²) in [6, 6.07) is 8.47. The van der Waals surface area contributed by atoms with E-state index in [2.05, 4.69) is 9.24 Å². The Morgan fingerprint density at radius 2 is 1.88 bits per heavy atom. The molecule has 0 heterocycles. The van der Waals surface area contributed by atoms with Crippen molar-refractivity contribution in [1.29, 1.82) is 0 Å². The van der Waals surface area contributed by atoms with E-state index >= 15 is 4.39 Å². The van der Waals surface area contributed by atoms with Gasteiger partial charge in [0.15, 0.2) is 11.6 Å². The van der Waals surface area contributed by atoms with Gasteiger partial charge in [-0.25, -0.2) is 4.39 Å². The van der Waals surface area contributed by atoms with Crippen LogP contribution in [0.3, 0.4) is 0 Å². The molecule has 6 heteroatoms. The van der Waals surface area contributed by atoms with E-state index in [0.29, 0.717) is 16.2 Å². The van der Waals surface area contributed by atoms with Gasteiger partial charge in [-0.15, -0.1) is 9.24 Å². The summed E-state index contributed by atoms with van der Waals surface area (Å²) in [5, 5.41) is 12.0. The molecule has 1 aliphatic rings. The van der Waals surface area contributed by atoms with Gasteiger partial charge in [-0.1, -0.05) is 29.3 Å². The Morgan fingerprint density at radius 3 is 2.46 bits per heavy atom. The van der Waals surface area contributed by atoms with E-state index in [1.165, 1.54) is 7.11 Å². The first-order chi connectivity index (χ1) is 12.4. The molecule has 2 aromatic rings. The lowest BCUT2D eigenvalue weighted by Crippen LogP contribution is -2.06. The van der Waals surface area contributed by atoms with Gasteiger partial charge in [0.1, 0.15) is 5.76 Å². The molecule has 1 fully saturated rings. The van der Waals surface area contributed by atoms with Gasteiger partial charge in [0, 0.05) is 10.6 Å². The summed E-state index contributed by atoms with van der Waals surface area (Å²) in [6.45, 7) is 0. The minimum Gasteiger partial charge on any atom is -0.508 e. The lowest BCUT2D eigenvalue weighted by molar-refractivity contribution is 0.386. The van der Waals surface area contributed by atoms with Crippen molar-refractivity contribution in [2.24, 2.45) is 0 Å². The number of benzene rings is 2. The normalized spacial score (nSPS) is 14.2. The highest BCUT2D eigenvalue weighted by molar-refractivity contribution is 7.27. The third-order valence-electron chi connectivity index (χ3n) is 4.45. The molecule has 2 aromatic carbocycles. The van der Waals surface area contributed by atoms with Crippen LogP contribution in [0.4, 0.5) is 4.39 Å². The molecular weight excluding hydrogens is 393 g/mol. The molecule has 0 amide bonds. The van der Waals surface area contributed by atoms with Crippen LogP contribution in [0.1, 0.15) is 30.4 Å². The molecule has 1 unspecified atom stereocenters. The van der Waals surface area contributed by atoms with Crippen LogP contribution >= 0.6 is 32.4 Å². The highest BCUT2D eigenvalue weighted by Gasteiger charge is 2.20. The number of rotatable bonds is 4. The molecule has 0 radical (unpaired) electrons. The van der Waals surface area contributed by atoms with Crippen molar-refractivity contribution in [2.45, 2.75) is 19.3 Å². The van der Waals surface area contributed by atoms with Crippen LogP contribution in [0, 0.1) is 5.82 Å². The van der Waals surface area contributed by atoms with Crippen LogP contribution in [0.15, 0.2) is 47.7 Å². The van der Waals surface area contributed by atoms with Gasteiger partial charge in [0.2, 0.25) is 0 Å². The van der Waals surface area contributed by atoms with Crippen molar-refractivity contribution in [2.75, 3.05) is 7.11 Å². The third kappa shape index (κ3) is 3.76. The van der Waals surface area contributed by atoms with E-state index in [1.54, 1.807) is 36.4 Å². The van der Waals surface area contributed by atoms with E-state index in [4.69, 9.17) is 27.9 Å².